The Balaban J connectivity index is 1.37. The van der Waals surface area contributed by atoms with E-state index in [1.54, 1.807) is 11.0 Å². The van der Waals surface area contributed by atoms with Crippen molar-refractivity contribution in [2.75, 3.05) is 54.6 Å². The van der Waals surface area contributed by atoms with Crippen molar-refractivity contribution in [3.63, 3.8) is 0 Å². The van der Waals surface area contributed by atoms with Crippen molar-refractivity contribution in [1.29, 1.82) is 0 Å². The summed E-state index contributed by atoms with van der Waals surface area (Å²) in [6, 6.07) is 9.19. The van der Waals surface area contributed by atoms with Gasteiger partial charge in [0.2, 0.25) is 11.2 Å². The van der Waals surface area contributed by atoms with E-state index in [1.165, 1.54) is 0 Å². The molecule has 10 heteroatoms. The van der Waals surface area contributed by atoms with Crippen LogP contribution in [0.4, 0.5) is 16.4 Å². The Morgan fingerprint density at radius 2 is 1.93 bits per heavy atom. The van der Waals surface area contributed by atoms with E-state index in [0.29, 0.717) is 5.75 Å². The Bertz CT molecular complexity index is 761. The summed E-state index contributed by atoms with van der Waals surface area (Å²) in [5.41, 5.74) is 0.731. The van der Waals surface area contributed by atoms with Gasteiger partial charge in [-0.3, -0.25) is 19.4 Å². The third-order valence-corrected chi connectivity index (χ3v) is 4.84. The zero-order valence-corrected chi connectivity index (χ0v) is 15.9. The van der Waals surface area contributed by atoms with Gasteiger partial charge in [0, 0.05) is 31.0 Å². The number of likely N-dealkylation sites (N-methyl/N-ethyl adjacent to an activating group) is 1. The maximum Gasteiger partial charge on any atom is 0.305 e. The molecule has 27 heavy (non-hydrogen) atoms. The maximum atomic E-state index is 12.0. The molecule has 1 fully saturated rings. The molecule has 0 bridgehead atoms. The van der Waals surface area contributed by atoms with Gasteiger partial charge in [-0.1, -0.05) is 30.0 Å². The van der Waals surface area contributed by atoms with Gasteiger partial charge in [-0.15, -0.1) is 0 Å². The first-order chi connectivity index (χ1) is 13.1. The summed E-state index contributed by atoms with van der Waals surface area (Å²) in [5, 5.41) is 11.2. The summed E-state index contributed by atoms with van der Waals surface area (Å²) in [5.74, 6) is 0.436. The quantitative estimate of drug-likeness (QED) is 0.713. The van der Waals surface area contributed by atoms with Crippen LogP contribution in [0.5, 0.6) is 0 Å². The topological polar surface area (TPSA) is 94.6 Å². The number of nitrogens with zero attached hydrogens (tertiary/aromatic N) is 4. The van der Waals surface area contributed by atoms with Crippen molar-refractivity contribution in [1.82, 2.24) is 10.2 Å². The molecular weight excluding hydrogens is 368 g/mol. The summed E-state index contributed by atoms with van der Waals surface area (Å²) in [6.45, 7) is 3.58. The highest BCUT2D eigenvalue weighted by atomic mass is 32.2. The lowest BCUT2D eigenvalue weighted by Crippen LogP contribution is -2.64. The van der Waals surface area contributed by atoms with Crippen molar-refractivity contribution in [3.05, 3.63) is 36.5 Å². The van der Waals surface area contributed by atoms with Crippen LogP contribution in [0.25, 0.3) is 0 Å². The molecule has 144 valence electrons. The third-order valence-electron chi connectivity index (χ3n) is 4.07. The number of anilines is 2. The molecular formula is C17H23N6O3S+. The van der Waals surface area contributed by atoms with Crippen molar-refractivity contribution in [2.45, 2.75) is 6.42 Å². The number of amides is 2. The lowest BCUT2D eigenvalue weighted by Gasteiger charge is -2.26. The maximum absolute atomic E-state index is 12.0. The average molecular weight is 391 g/mol. The number of para-hydroxylation sites is 1. The first-order valence-corrected chi connectivity index (χ1v) is 9.70. The van der Waals surface area contributed by atoms with Crippen LogP contribution in [-0.4, -0.2) is 60.3 Å². The SMILES string of the molecule is CN1CCN([n+]2cc(NC(=O)CCSC(=O)Nc3ccccc3)on2)CC1. The highest BCUT2D eigenvalue weighted by Gasteiger charge is 2.25. The zero-order valence-electron chi connectivity index (χ0n) is 15.1. The normalized spacial score (nSPS) is 14.8. The number of nitrogens with one attached hydrogen (secondary N) is 2. The molecule has 2 N–H and O–H groups in total. The van der Waals surface area contributed by atoms with Gasteiger partial charge in [0.05, 0.1) is 17.9 Å². The number of hydrogen-bond donors (Lipinski definition) is 2. The van der Waals surface area contributed by atoms with Gasteiger partial charge < -0.3 is 10.2 Å². The first kappa shape index (κ1) is 19.2. The molecule has 2 aromatic rings. The predicted octanol–water partition coefficient (Wildman–Crippen LogP) is 1.14. The van der Waals surface area contributed by atoms with Gasteiger partial charge in [0.15, 0.2) is 0 Å². The van der Waals surface area contributed by atoms with Gasteiger partial charge in [-0.05, 0) is 19.2 Å². The molecule has 9 nitrogen and oxygen atoms in total. The molecule has 1 saturated heterocycles. The number of thioether (sulfide) groups is 1. The monoisotopic (exact) mass is 391 g/mol. The second-order valence-corrected chi connectivity index (χ2v) is 7.24. The molecule has 1 aliphatic heterocycles. The molecule has 1 aromatic carbocycles. The van der Waals surface area contributed by atoms with Gasteiger partial charge in [0.1, 0.15) is 0 Å². The predicted molar refractivity (Wildman–Crippen MR) is 103 cm³/mol. The summed E-state index contributed by atoms with van der Waals surface area (Å²) in [4.78, 5) is 27.7. The summed E-state index contributed by atoms with van der Waals surface area (Å²) in [6.07, 6.45) is 1.85. The molecule has 3 rings (SSSR count). The van der Waals surface area contributed by atoms with Crippen molar-refractivity contribution < 1.29 is 18.9 Å². The van der Waals surface area contributed by atoms with E-state index in [2.05, 4.69) is 27.9 Å². The molecule has 2 amide bonds. The first-order valence-electron chi connectivity index (χ1n) is 8.71. The van der Waals surface area contributed by atoms with Crippen LogP contribution >= 0.6 is 11.8 Å². The fourth-order valence-electron chi connectivity index (χ4n) is 2.54. The van der Waals surface area contributed by atoms with Crippen LogP contribution in [-0.2, 0) is 4.79 Å². The Kier molecular flexibility index (Phi) is 6.66. The molecule has 0 spiro atoms. The minimum atomic E-state index is -0.225. The van der Waals surface area contributed by atoms with E-state index in [1.807, 2.05) is 35.3 Å². The second-order valence-electron chi connectivity index (χ2n) is 6.17. The summed E-state index contributed by atoms with van der Waals surface area (Å²) in [7, 11) is 2.08. The van der Waals surface area contributed by atoms with Crippen LogP contribution < -0.4 is 20.4 Å². The minimum Gasteiger partial charge on any atom is -0.317 e. The number of hydrogen-bond acceptors (Lipinski definition) is 7. The fraction of sp³-hybridized carbons (Fsp3) is 0.412. The van der Waals surface area contributed by atoms with E-state index in [0.717, 1.165) is 43.6 Å². The molecule has 1 aliphatic rings. The van der Waals surface area contributed by atoms with E-state index >= 15 is 0 Å². The number of rotatable bonds is 6. The lowest BCUT2D eigenvalue weighted by molar-refractivity contribution is -0.759. The largest absolute Gasteiger partial charge is 0.317 e. The summed E-state index contributed by atoms with van der Waals surface area (Å²) >= 11 is 1.06. The van der Waals surface area contributed by atoms with Crippen LogP contribution in [0.1, 0.15) is 6.42 Å². The van der Waals surface area contributed by atoms with Gasteiger partial charge in [0.25, 0.3) is 11.4 Å². The van der Waals surface area contributed by atoms with E-state index < -0.39 is 0 Å². The number of benzene rings is 1. The lowest BCUT2D eigenvalue weighted by atomic mass is 10.3. The summed E-state index contributed by atoms with van der Waals surface area (Å²) < 4.78 is 5.16. The molecule has 2 heterocycles. The Morgan fingerprint density at radius 1 is 1.19 bits per heavy atom. The van der Waals surface area contributed by atoms with Crippen LogP contribution in [0.3, 0.4) is 0 Å². The van der Waals surface area contributed by atoms with Gasteiger partial charge in [-0.2, -0.15) is 5.01 Å². The number of piperazine rings is 1. The van der Waals surface area contributed by atoms with Gasteiger partial charge >= 0.3 is 5.88 Å². The molecule has 0 aliphatic carbocycles. The number of carbonyl (C=O) groups excluding carboxylic acids is 2. The molecule has 1 aromatic heterocycles. The molecule has 0 unspecified atom stereocenters. The Labute approximate surface area is 161 Å². The Morgan fingerprint density at radius 3 is 2.67 bits per heavy atom. The van der Waals surface area contributed by atoms with E-state index in [-0.39, 0.29) is 23.5 Å². The van der Waals surface area contributed by atoms with E-state index in [9.17, 15) is 9.59 Å². The third kappa shape index (κ3) is 5.97. The molecule has 0 radical (unpaired) electrons. The van der Waals surface area contributed by atoms with Crippen LogP contribution in [0.15, 0.2) is 41.1 Å². The highest BCUT2D eigenvalue weighted by molar-refractivity contribution is 8.13. The molecule has 0 saturated carbocycles. The Hall–Kier alpha value is -2.59. The van der Waals surface area contributed by atoms with E-state index in [4.69, 9.17) is 4.52 Å². The number of aromatic nitrogens is 2. The fourth-order valence-corrected chi connectivity index (χ4v) is 3.20. The van der Waals surface area contributed by atoms with Crippen LogP contribution in [0.2, 0.25) is 0 Å². The van der Waals surface area contributed by atoms with Crippen molar-refractivity contribution >= 4 is 34.5 Å². The standard InChI is InChI=1S/C17H22N6O3S/c1-21-8-10-22(11-9-21)23-13-16(26-20-23)19-15(24)7-12-27-17(25)18-14-5-3-2-4-6-14/h2-6,13H,7-12H2,1H3,(H-,18,19,20,24,25)/p+1. The van der Waals surface area contributed by atoms with Crippen molar-refractivity contribution in [2.24, 2.45) is 0 Å². The van der Waals surface area contributed by atoms with Crippen molar-refractivity contribution in [3.8, 4) is 0 Å². The number of carbonyl (C=O) groups is 2. The van der Waals surface area contributed by atoms with Gasteiger partial charge in [-0.25, -0.2) is 0 Å². The molecule has 0 atom stereocenters. The highest BCUT2D eigenvalue weighted by Crippen LogP contribution is 2.12. The average Bonchev–Trinajstić information content (AvgIpc) is 3.11. The zero-order chi connectivity index (χ0) is 19.1. The second kappa shape index (κ2) is 9.38. The minimum absolute atomic E-state index is 0.193. The smallest absolute Gasteiger partial charge is 0.305 e. The van der Waals surface area contributed by atoms with Crippen LogP contribution in [0, 0.1) is 0 Å².